The summed E-state index contributed by atoms with van der Waals surface area (Å²) in [5.74, 6) is 0. The highest BCUT2D eigenvalue weighted by Crippen LogP contribution is 2.06. The zero-order valence-electron chi connectivity index (χ0n) is 5.37. The van der Waals surface area contributed by atoms with Crippen LogP contribution in [0.1, 0.15) is 0 Å². The fourth-order valence-corrected chi connectivity index (χ4v) is 1.16. The van der Waals surface area contributed by atoms with Crippen LogP contribution in [0.4, 0.5) is 0 Å². The van der Waals surface area contributed by atoms with Crippen molar-refractivity contribution in [2.45, 2.75) is 5.09 Å². The molecule has 1 N–H and O–H groups in total. The number of sulfonamides is 1. The summed E-state index contributed by atoms with van der Waals surface area (Å²) in [6, 6.07) is 2.90. The Morgan fingerprint density at radius 1 is 1.60 bits per heavy atom. The van der Waals surface area contributed by atoms with Gasteiger partial charge in [-0.15, -0.1) is 0 Å². The molecule has 0 aliphatic rings. The third-order valence-corrected chi connectivity index (χ3v) is 2.33. The van der Waals surface area contributed by atoms with E-state index in [4.69, 9.17) is 0 Å². The zero-order chi connectivity index (χ0) is 7.61. The van der Waals surface area contributed by atoms with Gasteiger partial charge >= 0.3 is 0 Å². The van der Waals surface area contributed by atoms with Gasteiger partial charge in [-0.25, -0.2) is 13.1 Å². The zero-order valence-corrected chi connectivity index (χ0v) is 6.18. The standard InChI is InChI=1S/C5H7NO3S/c1-6-10(7,8)5-3-2-4-9-5/h2-4,6H,1H3. The van der Waals surface area contributed by atoms with Crippen molar-refractivity contribution in [1.29, 1.82) is 0 Å². The predicted octanol–water partition coefficient (Wildman–Crippen LogP) is 0.188. The van der Waals surface area contributed by atoms with Gasteiger partial charge in [0.15, 0.2) is 0 Å². The van der Waals surface area contributed by atoms with Crippen molar-refractivity contribution in [3.63, 3.8) is 0 Å². The summed E-state index contributed by atoms with van der Waals surface area (Å²) >= 11 is 0. The molecule has 1 aromatic rings. The number of rotatable bonds is 2. The van der Waals surface area contributed by atoms with E-state index in [1.54, 1.807) is 0 Å². The van der Waals surface area contributed by atoms with Crippen LogP contribution >= 0.6 is 0 Å². The Morgan fingerprint density at radius 3 is 2.70 bits per heavy atom. The fourth-order valence-electron chi connectivity index (χ4n) is 0.517. The van der Waals surface area contributed by atoms with Gasteiger partial charge in [0.2, 0.25) is 5.09 Å². The second kappa shape index (κ2) is 2.43. The number of hydrogen-bond acceptors (Lipinski definition) is 3. The Morgan fingerprint density at radius 2 is 2.30 bits per heavy atom. The Kier molecular flexibility index (Phi) is 1.78. The van der Waals surface area contributed by atoms with E-state index in [0.717, 1.165) is 0 Å². The summed E-state index contributed by atoms with van der Waals surface area (Å²) in [6.07, 6.45) is 1.31. The molecule has 0 atom stereocenters. The van der Waals surface area contributed by atoms with Crippen LogP contribution in [0.3, 0.4) is 0 Å². The second-order valence-corrected chi connectivity index (χ2v) is 3.46. The first-order chi connectivity index (χ1) is 4.67. The minimum atomic E-state index is -3.37. The Balaban J connectivity index is 3.09. The maximum absolute atomic E-state index is 10.9. The fraction of sp³-hybridized carbons (Fsp3) is 0.200. The van der Waals surface area contributed by atoms with Crippen LogP contribution in [0.15, 0.2) is 27.9 Å². The highest BCUT2D eigenvalue weighted by molar-refractivity contribution is 7.89. The number of furan rings is 1. The van der Waals surface area contributed by atoms with Crippen molar-refractivity contribution in [3.05, 3.63) is 18.4 Å². The van der Waals surface area contributed by atoms with Crippen LogP contribution in [0.25, 0.3) is 0 Å². The molecule has 0 spiro atoms. The molecule has 0 bridgehead atoms. The second-order valence-electron chi connectivity index (χ2n) is 1.64. The van der Waals surface area contributed by atoms with Gasteiger partial charge in [0, 0.05) is 0 Å². The van der Waals surface area contributed by atoms with E-state index in [0.29, 0.717) is 0 Å². The summed E-state index contributed by atoms with van der Waals surface area (Å²) in [7, 11) is -2.04. The lowest BCUT2D eigenvalue weighted by atomic mass is 10.7. The molecule has 0 unspecified atom stereocenters. The third-order valence-electron chi connectivity index (χ3n) is 1.03. The van der Waals surface area contributed by atoms with Crippen LogP contribution < -0.4 is 4.72 Å². The lowest BCUT2D eigenvalue weighted by Gasteiger charge is -1.94. The number of nitrogens with one attached hydrogen (secondary N) is 1. The Bertz CT molecular complexity index is 287. The smallest absolute Gasteiger partial charge is 0.273 e. The van der Waals surface area contributed by atoms with Crippen LogP contribution in [0.5, 0.6) is 0 Å². The van der Waals surface area contributed by atoms with Crippen molar-refractivity contribution in [2.24, 2.45) is 0 Å². The Hall–Kier alpha value is -0.810. The van der Waals surface area contributed by atoms with Gasteiger partial charge in [-0.05, 0) is 19.2 Å². The minimum Gasteiger partial charge on any atom is -0.452 e. The van der Waals surface area contributed by atoms with Gasteiger partial charge < -0.3 is 4.42 Å². The van der Waals surface area contributed by atoms with Crippen molar-refractivity contribution < 1.29 is 12.8 Å². The minimum absolute atomic E-state index is 0.0602. The van der Waals surface area contributed by atoms with Gasteiger partial charge in [-0.3, -0.25) is 0 Å². The summed E-state index contributed by atoms with van der Waals surface area (Å²) < 4.78 is 28.5. The highest BCUT2D eigenvalue weighted by atomic mass is 32.2. The van der Waals surface area contributed by atoms with Gasteiger partial charge in [-0.1, -0.05) is 0 Å². The lowest BCUT2D eigenvalue weighted by Crippen LogP contribution is -2.17. The molecule has 0 saturated carbocycles. The molecule has 0 aliphatic carbocycles. The average molecular weight is 161 g/mol. The molecule has 0 aliphatic heterocycles. The summed E-state index contributed by atoms with van der Waals surface area (Å²) in [4.78, 5) is 0. The van der Waals surface area contributed by atoms with E-state index in [2.05, 4.69) is 9.14 Å². The van der Waals surface area contributed by atoms with Crippen molar-refractivity contribution in [3.8, 4) is 0 Å². The first-order valence-electron chi connectivity index (χ1n) is 2.64. The maximum atomic E-state index is 10.9. The first kappa shape index (κ1) is 7.30. The molecular weight excluding hydrogens is 154 g/mol. The summed E-state index contributed by atoms with van der Waals surface area (Å²) in [5.41, 5.74) is 0. The van der Waals surface area contributed by atoms with Crippen LogP contribution in [0.2, 0.25) is 0 Å². The largest absolute Gasteiger partial charge is 0.452 e. The van der Waals surface area contributed by atoms with Crippen LogP contribution in [0, 0.1) is 0 Å². The van der Waals surface area contributed by atoms with Crippen molar-refractivity contribution in [2.75, 3.05) is 7.05 Å². The Labute approximate surface area is 58.9 Å². The van der Waals surface area contributed by atoms with Crippen molar-refractivity contribution in [1.82, 2.24) is 4.72 Å². The third kappa shape index (κ3) is 1.19. The summed E-state index contributed by atoms with van der Waals surface area (Å²) in [5, 5.41) is -0.0602. The van der Waals surface area contributed by atoms with Crippen molar-refractivity contribution >= 4 is 10.0 Å². The quantitative estimate of drug-likeness (QED) is 0.673. The molecule has 56 valence electrons. The van der Waals surface area contributed by atoms with E-state index >= 15 is 0 Å². The van der Waals surface area contributed by atoms with E-state index in [-0.39, 0.29) is 5.09 Å². The molecule has 5 heteroatoms. The molecule has 0 saturated heterocycles. The average Bonchev–Trinajstić information content (AvgIpc) is 2.38. The predicted molar refractivity (Wildman–Crippen MR) is 35.0 cm³/mol. The SMILES string of the molecule is CNS(=O)(=O)c1ccco1. The molecule has 4 nitrogen and oxygen atoms in total. The molecule has 0 aromatic carbocycles. The van der Waals surface area contributed by atoms with E-state index < -0.39 is 10.0 Å². The lowest BCUT2D eigenvalue weighted by molar-refractivity contribution is 0.447. The van der Waals surface area contributed by atoms with E-state index in [9.17, 15) is 8.42 Å². The molecular formula is C5H7NO3S. The van der Waals surface area contributed by atoms with E-state index in [1.807, 2.05) is 0 Å². The molecule has 10 heavy (non-hydrogen) atoms. The number of hydrogen-bond donors (Lipinski definition) is 1. The molecule has 0 fully saturated rings. The van der Waals surface area contributed by atoms with Crippen LogP contribution in [-0.2, 0) is 10.0 Å². The molecule has 1 heterocycles. The highest BCUT2D eigenvalue weighted by Gasteiger charge is 2.12. The molecule has 0 radical (unpaired) electrons. The van der Waals surface area contributed by atoms with Gasteiger partial charge in [0.25, 0.3) is 10.0 Å². The summed E-state index contributed by atoms with van der Waals surface area (Å²) in [6.45, 7) is 0. The molecule has 1 aromatic heterocycles. The maximum Gasteiger partial charge on any atom is 0.273 e. The van der Waals surface area contributed by atoms with Gasteiger partial charge in [0.05, 0.1) is 6.26 Å². The normalized spacial score (nSPS) is 11.7. The monoisotopic (exact) mass is 161 g/mol. The van der Waals surface area contributed by atoms with Crippen LogP contribution in [-0.4, -0.2) is 15.5 Å². The topological polar surface area (TPSA) is 59.3 Å². The van der Waals surface area contributed by atoms with Gasteiger partial charge in [0.1, 0.15) is 0 Å². The first-order valence-corrected chi connectivity index (χ1v) is 4.12. The molecule has 1 rings (SSSR count). The van der Waals surface area contributed by atoms with Gasteiger partial charge in [-0.2, -0.15) is 0 Å². The van der Waals surface area contributed by atoms with E-state index in [1.165, 1.54) is 25.4 Å². The molecule has 0 amide bonds.